The minimum atomic E-state index is -0.475. The van der Waals surface area contributed by atoms with Gasteiger partial charge in [-0.3, -0.25) is 4.79 Å². The average Bonchev–Trinajstić information content (AvgIpc) is 3.28. The topological polar surface area (TPSA) is 84.1 Å². The quantitative estimate of drug-likeness (QED) is 0.664. The van der Waals surface area contributed by atoms with Gasteiger partial charge in [0.05, 0.1) is 5.69 Å². The molecule has 1 aliphatic heterocycles. The van der Waals surface area contributed by atoms with Gasteiger partial charge >= 0.3 is 5.69 Å². The third-order valence-corrected chi connectivity index (χ3v) is 5.42. The summed E-state index contributed by atoms with van der Waals surface area (Å²) in [6.45, 7) is 1.19. The molecule has 0 bridgehead atoms. The van der Waals surface area contributed by atoms with E-state index in [9.17, 15) is 14.0 Å². The maximum absolute atomic E-state index is 14.1. The summed E-state index contributed by atoms with van der Waals surface area (Å²) in [5, 5.41) is 6.50. The summed E-state index contributed by atoms with van der Waals surface area (Å²) in [5.41, 5.74) is -0.275. The summed E-state index contributed by atoms with van der Waals surface area (Å²) in [6, 6.07) is 9.47. The van der Waals surface area contributed by atoms with Crippen molar-refractivity contribution in [3.8, 4) is 5.69 Å². The Morgan fingerprint density at radius 3 is 2.68 bits per heavy atom. The van der Waals surface area contributed by atoms with Crippen LogP contribution in [0.4, 0.5) is 4.39 Å². The van der Waals surface area contributed by atoms with E-state index in [1.165, 1.54) is 10.6 Å². The highest BCUT2D eigenvalue weighted by molar-refractivity contribution is 9.10. The van der Waals surface area contributed by atoms with Gasteiger partial charge in [0.1, 0.15) is 11.6 Å². The zero-order valence-corrected chi connectivity index (χ0v) is 16.5. The van der Waals surface area contributed by atoms with Gasteiger partial charge in [-0.05, 0) is 59.0 Å². The van der Waals surface area contributed by atoms with Crippen LogP contribution in [0.2, 0.25) is 0 Å². The predicted octanol–water partition coefficient (Wildman–Crippen LogP) is 3.15. The van der Waals surface area contributed by atoms with E-state index in [2.05, 4.69) is 26.1 Å². The average molecular weight is 449 g/mol. The molecule has 3 aromatic rings. The van der Waals surface area contributed by atoms with Crippen LogP contribution in [0.1, 0.15) is 29.2 Å². The van der Waals surface area contributed by atoms with Gasteiger partial charge in [0.2, 0.25) is 0 Å². The van der Waals surface area contributed by atoms with E-state index in [-0.39, 0.29) is 17.5 Å². The van der Waals surface area contributed by atoms with E-state index >= 15 is 0 Å². The molecule has 1 aliphatic rings. The highest BCUT2D eigenvalue weighted by atomic mass is 79.9. The summed E-state index contributed by atoms with van der Waals surface area (Å²) < 4.78 is 21.3. The van der Waals surface area contributed by atoms with Gasteiger partial charge in [-0.2, -0.15) is 5.10 Å². The minimum absolute atomic E-state index is 0.132. The molecule has 28 heavy (non-hydrogen) atoms. The smallest absolute Gasteiger partial charge is 0.348 e. The first-order chi connectivity index (χ1) is 13.5. The van der Waals surface area contributed by atoms with Gasteiger partial charge in [0.15, 0.2) is 10.4 Å². The number of hydrogen-bond acceptors (Lipinski definition) is 4. The first kappa shape index (κ1) is 18.7. The van der Waals surface area contributed by atoms with E-state index in [4.69, 9.17) is 4.42 Å². The number of halogens is 2. The lowest BCUT2D eigenvalue weighted by Crippen LogP contribution is -2.39. The standard InChI is InChI=1S/C19H18BrFN4O3/c20-16-6-5-15(28-16)18(26)24-9-7-12(8-10-24)11-17-22-23-19(27)25(17)14-4-2-1-3-13(14)21/h1-6,12H,7-11H2,(H,23,27). The first-order valence-electron chi connectivity index (χ1n) is 8.98. The van der Waals surface area contributed by atoms with Crippen LogP contribution in [0.25, 0.3) is 5.69 Å². The van der Waals surface area contributed by atoms with Gasteiger partial charge in [-0.1, -0.05) is 12.1 Å². The van der Waals surface area contributed by atoms with E-state index in [0.717, 1.165) is 12.8 Å². The van der Waals surface area contributed by atoms with Crippen LogP contribution in [0.5, 0.6) is 0 Å². The monoisotopic (exact) mass is 448 g/mol. The summed E-state index contributed by atoms with van der Waals surface area (Å²) in [4.78, 5) is 26.4. The van der Waals surface area contributed by atoms with Crippen LogP contribution in [0.15, 0.2) is 50.3 Å². The van der Waals surface area contributed by atoms with Crippen molar-refractivity contribution in [2.45, 2.75) is 19.3 Å². The Morgan fingerprint density at radius 1 is 1.25 bits per heavy atom. The Kier molecular flexibility index (Phi) is 5.17. The highest BCUT2D eigenvalue weighted by Crippen LogP contribution is 2.24. The van der Waals surface area contributed by atoms with E-state index < -0.39 is 11.5 Å². The number of benzene rings is 1. The number of hydrogen-bond donors (Lipinski definition) is 1. The second-order valence-electron chi connectivity index (χ2n) is 6.78. The Bertz CT molecular complexity index is 1050. The van der Waals surface area contributed by atoms with Crippen LogP contribution >= 0.6 is 15.9 Å². The number of furan rings is 1. The molecule has 1 N–H and O–H groups in total. The summed E-state index contributed by atoms with van der Waals surface area (Å²) >= 11 is 3.20. The SMILES string of the molecule is O=C(c1ccc(Br)o1)N1CCC(Cc2n[nH]c(=O)n2-c2ccccc2F)CC1. The van der Waals surface area contributed by atoms with Crippen LogP contribution in [0, 0.1) is 11.7 Å². The number of nitrogens with one attached hydrogen (secondary N) is 1. The molecule has 1 fully saturated rings. The number of amides is 1. The normalized spacial score (nSPS) is 15.1. The number of carbonyl (C=O) groups is 1. The third-order valence-electron chi connectivity index (χ3n) is 4.99. The Balaban J connectivity index is 1.44. The van der Waals surface area contributed by atoms with E-state index in [0.29, 0.717) is 35.8 Å². The second-order valence-corrected chi connectivity index (χ2v) is 7.56. The maximum atomic E-state index is 14.1. The predicted molar refractivity (Wildman–Crippen MR) is 103 cm³/mol. The minimum Gasteiger partial charge on any atom is -0.444 e. The molecule has 0 atom stereocenters. The number of nitrogens with zero attached hydrogens (tertiary/aromatic N) is 3. The van der Waals surface area contributed by atoms with Crippen LogP contribution in [0.3, 0.4) is 0 Å². The lowest BCUT2D eigenvalue weighted by molar-refractivity contribution is 0.0656. The number of aromatic amines is 1. The number of piperidine rings is 1. The van der Waals surface area contributed by atoms with Gasteiger partial charge < -0.3 is 9.32 Å². The third kappa shape index (κ3) is 3.66. The fraction of sp³-hybridized carbons (Fsp3) is 0.316. The van der Waals surface area contributed by atoms with E-state index in [1.807, 2.05) is 0 Å². The van der Waals surface area contributed by atoms with E-state index in [1.54, 1.807) is 35.2 Å². The van der Waals surface area contributed by atoms with Gasteiger partial charge in [0.25, 0.3) is 5.91 Å². The molecule has 3 heterocycles. The molecule has 2 aromatic heterocycles. The molecule has 9 heteroatoms. The second kappa shape index (κ2) is 7.75. The lowest BCUT2D eigenvalue weighted by atomic mass is 9.93. The molecule has 1 amide bonds. The van der Waals surface area contributed by atoms with Gasteiger partial charge in [-0.15, -0.1) is 0 Å². The fourth-order valence-corrected chi connectivity index (χ4v) is 3.84. The molecule has 4 rings (SSSR count). The van der Waals surface area contributed by atoms with Crippen LogP contribution < -0.4 is 5.69 Å². The zero-order chi connectivity index (χ0) is 19.7. The molecule has 146 valence electrons. The van der Waals surface area contributed by atoms with Crippen molar-refractivity contribution in [2.24, 2.45) is 5.92 Å². The lowest BCUT2D eigenvalue weighted by Gasteiger charge is -2.31. The molecule has 1 saturated heterocycles. The number of rotatable bonds is 4. The molecular weight excluding hydrogens is 431 g/mol. The molecule has 0 saturated carbocycles. The van der Waals surface area contributed by atoms with Crippen LogP contribution in [-0.2, 0) is 6.42 Å². The summed E-state index contributed by atoms with van der Waals surface area (Å²) in [7, 11) is 0. The fourth-order valence-electron chi connectivity index (χ4n) is 3.53. The van der Waals surface area contributed by atoms with Crippen molar-refractivity contribution < 1.29 is 13.6 Å². The maximum Gasteiger partial charge on any atom is 0.348 e. The molecule has 0 unspecified atom stereocenters. The van der Waals surface area contributed by atoms with Crippen molar-refractivity contribution >= 4 is 21.8 Å². The van der Waals surface area contributed by atoms with Crippen LogP contribution in [-0.4, -0.2) is 38.7 Å². The molecule has 0 radical (unpaired) electrons. The highest BCUT2D eigenvalue weighted by Gasteiger charge is 2.27. The Labute approximate surface area is 168 Å². The molecular formula is C19H18BrFN4O3. The Morgan fingerprint density at radius 2 is 2.00 bits per heavy atom. The van der Waals surface area contributed by atoms with Crippen molar-refractivity contribution in [3.05, 3.63) is 69.0 Å². The number of aromatic nitrogens is 3. The summed E-state index contributed by atoms with van der Waals surface area (Å²) in [5.74, 6) is 0.443. The molecule has 1 aromatic carbocycles. The zero-order valence-electron chi connectivity index (χ0n) is 14.9. The number of likely N-dealkylation sites (tertiary alicyclic amines) is 1. The number of para-hydroxylation sites is 1. The van der Waals surface area contributed by atoms with Gasteiger partial charge in [-0.25, -0.2) is 18.9 Å². The summed E-state index contributed by atoms with van der Waals surface area (Å²) in [6.07, 6.45) is 2.07. The van der Waals surface area contributed by atoms with Crippen molar-refractivity contribution in [3.63, 3.8) is 0 Å². The molecule has 0 aliphatic carbocycles. The van der Waals surface area contributed by atoms with Gasteiger partial charge in [0, 0.05) is 19.5 Å². The first-order valence-corrected chi connectivity index (χ1v) is 9.78. The van der Waals surface area contributed by atoms with Crippen molar-refractivity contribution in [1.82, 2.24) is 19.7 Å². The number of carbonyl (C=O) groups excluding carboxylic acids is 1. The molecule has 0 spiro atoms. The number of H-pyrrole nitrogens is 1. The Hall–Kier alpha value is -2.68. The van der Waals surface area contributed by atoms with Crippen molar-refractivity contribution in [1.29, 1.82) is 0 Å². The molecule has 7 nitrogen and oxygen atoms in total. The van der Waals surface area contributed by atoms with Crippen molar-refractivity contribution in [2.75, 3.05) is 13.1 Å². The largest absolute Gasteiger partial charge is 0.444 e.